The van der Waals surface area contributed by atoms with E-state index >= 15 is 0 Å². The lowest BCUT2D eigenvalue weighted by Gasteiger charge is -2.30. The van der Waals surface area contributed by atoms with Gasteiger partial charge in [0.2, 0.25) is 0 Å². The lowest BCUT2D eigenvalue weighted by molar-refractivity contribution is -0.274. The van der Waals surface area contributed by atoms with Gasteiger partial charge in [-0.3, -0.25) is 0 Å². The molecule has 0 saturated carbocycles. The van der Waals surface area contributed by atoms with Gasteiger partial charge in [-0.1, -0.05) is 6.07 Å². The van der Waals surface area contributed by atoms with Gasteiger partial charge in [-0.05, 0) is 55.7 Å². The molecule has 0 amide bonds. The van der Waals surface area contributed by atoms with Gasteiger partial charge in [0, 0.05) is 19.7 Å². The Morgan fingerprint density at radius 2 is 1.88 bits per heavy atom. The third-order valence-corrected chi connectivity index (χ3v) is 3.45. The molecule has 0 saturated heterocycles. The Hall–Kier alpha value is -2.28. The van der Waals surface area contributed by atoms with E-state index in [-0.39, 0.29) is 5.75 Å². The average molecular weight is 339 g/mol. The summed E-state index contributed by atoms with van der Waals surface area (Å²) in [5.41, 5.74) is 4.33. The summed E-state index contributed by atoms with van der Waals surface area (Å²) in [6.45, 7) is 5.70. The molecule has 0 fully saturated rings. The number of hydrogen-bond donors (Lipinski definition) is 0. The smallest absolute Gasteiger partial charge is 0.406 e. The third kappa shape index (κ3) is 4.17. The maximum absolute atomic E-state index is 12.3. The standard InChI is InChI=1S/C17H20F3N3O/c1-11(2)16-9-13(10-21-23(16)22(4)5)15-7-6-14(8-12(15)3)24-17(18,19)20/h6-10H,1-5H3. The number of benzene rings is 1. The highest BCUT2D eigenvalue weighted by Crippen LogP contribution is 2.30. The van der Waals surface area contributed by atoms with Crippen LogP contribution in [-0.4, -0.2) is 36.8 Å². The summed E-state index contributed by atoms with van der Waals surface area (Å²) in [4.78, 5) is 0. The molecule has 0 bridgehead atoms. The van der Waals surface area contributed by atoms with Gasteiger partial charge in [-0.25, -0.2) is 5.01 Å². The fraction of sp³-hybridized carbons (Fsp3) is 0.353. The summed E-state index contributed by atoms with van der Waals surface area (Å²) < 4.78 is 40.9. The zero-order chi connectivity index (χ0) is 18.1. The first-order chi connectivity index (χ1) is 11.1. The molecule has 0 aromatic heterocycles. The van der Waals surface area contributed by atoms with E-state index < -0.39 is 6.36 Å². The third-order valence-electron chi connectivity index (χ3n) is 3.45. The Bertz CT molecular complexity index is 714. The molecule has 7 heteroatoms. The van der Waals surface area contributed by atoms with Gasteiger partial charge in [0.25, 0.3) is 0 Å². The van der Waals surface area contributed by atoms with Gasteiger partial charge in [0.1, 0.15) is 5.75 Å². The minimum atomic E-state index is -4.69. The number of ether oxygens (including phenoxy) is 1. The normalized spacial score (nSPS) is 15.0. The number of halogens is 3. The van der Waals surface area contributed by atoms with Gasteiger partial charge in [-0.15, -0.1) is 13.2 Å². The van der Waals surface area contributed by atoms with E-state index in [2.05, 4.69) is 9.84 Å². The van der Waals surface area contributed by atoms with Crippen LogP contribution in [0.3, 0.4) is 0 Å². The van der Waals surface area contributed by atoms with Crippen LogP contribution in [0.5, 0.6) is 5.75 Å². The Morgan fingerprint density at radius 3 is 2.38 bits per heavy atom. The van der Waals surface area contributed by atoms with Gasteiger partial charge in [0.05, 0.1) is 11.9 Å². The van der Waals surface area contributed by atoms with E-state index in [1.54, 1.807) is 24.3 Å². The molecule has 0 atom stereocenters. The molecule has 4 nitrogen and oxygen atoms in total. The molecule has 0 aliphatic carbocycles. The molecule has 0 spiro atoms. The summed E-state index contributed by atoms with van der Waals surface area (Å²) in [7, 11) is 3.77. The zero-order valence-corrected chi connectivity index (χ0v) is 14.3. The van der Waals surface area contributed by atoms with Crippen LogP contribution in [-0.2, 0) is 0 Å². The van der Waals surface area contributed by atoms with Gasteiger partial charge in [0.15, 0.2) is 0 Å². The van der Waals surface area contributed by atoms with E-state index in [9.17, 15) is 13.2 Å². The number of alkyl halides is 3. The monoisotopic (exact) mass is 339 g/mol. The summed E-state index contributed by atoms with van der Waals surface area (Å²) in [5, 5.41) is 8.01. The number of hydrazone groups is 1. The second-order valence-electron chi connectivity index (χ2n) is 5.89. The lowest BCUT2D eigenvalue weighted by atomic mass is 9.99. The molecular weight excluding hydrogens is 319 g/mol. The van der Waals surface area contributed by atoms with Crippen LogP contribution in [0.1, 0.15) is 25.0 Å². The number of hydrogen-bond acceptors (Lipinski definition) is 4. The Kier molecular flexibility index (Phi) is 5.03. The van der Waals surface area contributed by atoms with Crippen molar-refractivity contribution in [3.05, 3.63) is 46.7 Å². The van der Waals surface area contributed by atoms with Crippen LogP contribution in [0.25, 0.3) is 5.57 Å². The highest BCUT2D eigenvalue weighted by Gasteiger charge is 2.31. The average Bonchev–Trinajstić information content (AvgIpc) is 2.44. The van der Waals surface area contributed by atoms with Crippen LogP contribution in [0.4, 0.5) is 13.2 Å². The molecule has 24 heavy (non-hydrogen) atoms. The van der Waals surface area contributed by atoms with Gasteiger partial charge < -0.3 is 4.74 Å². The Morgan fingerprint density at radius 1 is 1.21 bits per heavy atom. The topological polar surface area (TPSA) is 28.1 Å². The molecule has 1 aromatic carbocycles. The first-order valence-electron chi connectivity index (χ1n) is 7.36. The van der Waals surface area contributed by atoms with Crippen molar-refractivity contribution in [3.8, 4) is 5.75 Å². The number of allylic oxidation sites excluding steroid dienone is 3. The number of rotatable bonds is 3. The van der Waals surface area contributed by atoms with Gasteiger partial charge >= 0.3 is 6.36 Å². The predicted molar refractivity (Wildman–Crippen MR) is 88.2 cm³/mol. The minimum Gasteiger partial charge on any atom is -0.406 e. The van der Waals surface area contributed by atoms with Crippen molar-refractivity contribution < 1.29 is 17.9 Å². The number of nitrogens with zero attached hydrogens (tertiary/aromatic N) is 3. The van der Waals surface area contributed by atoms with E-state index in [0.717, 1.165) is 22.4 Å². The number of hydrazine groups is 1. The first-order valence-corrected chi connectivity index (χ1v) is 7.36. The van der Waals surface area contributed by atoms with Crippen molar-refractivity contribution >= 4 is 11.8 Å². The van der Waals surface area contributed by atoms with E-state index in [0.29, 0.717) is 5.56 Å². The maximum atomic E-state index is 12.3. The van der Waals surface area contributed by atoms with Crippen molar-refractivity contribution in [1.82, 2.24) is 10.1 Å². The molecule has 0 unspecified atom stereocenters. The largest absolute Gasteiger partial charge is 0.573 e. The maximum Gasteiger partial charge on any atom is 0.573 e. The van der Waals surface area contributed by atoms with E-state index in [4.69, 9.17) is 0 Å². The van der Waals surface area contributed by atoms with Crippen LogP contribution >= 0.6 is 0 Å². The van der Waals surface area contributed by atoms with Crippen LogP contribution < -0.4 is 4.74 Å². The molecule has 1 aliphatic heterocycles. The van der Waals surface area contributed by atoms with Crippen LogP contribution in [0.15, 0.2) is 40.6 Å². The predicted octanol–water partition coefficient (Wildman–Crippen LogP) is 4.35. The fourth-order valence-electron chi connectivity index (χ4n) is 2.39. The highest BCUT2D eigenvalue weighted by atomic mass is 19.4. The summed E-state index contributed by atoms with van der Waals surface area (Å²) in [5.74, 6) is -0.227. The first kappa shape index (κ1) is 18.1. The molecule has 1 heterocycles. The zero-order valence-electron chi connectivity index (χ0n) is 14.3. The molecule has 2 rings (SSSR count). The fourth-order valence-corrected chi connectivity index (χ4v) is 2.39. The highest BCUT2D eigenvalue weighted by molar-refractivity contribution is 6.11. The quantitative estimate of drug-likeness (QED) is 0.820. The van der Waals surface area contributed by atoms with E-state index in [1.165, 1.54) is 12.1 Å². The minimum absolute atomic E-state index is 0.227. The summed E-state index contributed by atoms with van der Waals surface area (Å²) in [6.07, 6.45) is -1.03. The Labute approximate surface area is 139 Å². The molecule has 1 aliphatic rings. The van der Waals surface area contributed by atoms with Crippen molar-refractivity contribution in [3.63, 3.8) is 0 Å². The van der Waals surface area contributed by atoms with Crippen LogP contribution in [0.2, 0.25) is 0 Å². The SMILES string of the molecule is CC(C)=C1C=C(c2ccc(OC(F)(F)F)cc2C)C=NN1N(C)C. The second kappa shape index (κ2) is 6.68. The number of aryl methyl sites for hydroxylation is 1. The molecule has 130 valence electrons. The summed E-state index contributed by atoms with van der Waals surface area (Å²) >= 11 is 0. The molecule has 0 N–H and O–H groups in total. The van der Waals surface area contributed by atoms with Crippen molar-refractivity contribution in [2.24, 2.45) is 5.10 Å². The second-order valence-corrected chi connectivity index (χ2v) is 5.89. The summed E-state index contributed by atoms with van der Waals surface area (Å²) in [6, 6.07) is 4.30. The molecule has 1 aromatic rings. The van der Waals surface area contributed by atoms with Crippen molar-refractivity contribution in [2.75, 3.05) is 14.1 Å². The Balaban J connectivity index is 2.37. The van der Waals surface area contributed by atoms with E-state index in [1.807, 2.05) is 39.0 Å². The van der Waals surface area contributed by atoms with Crippen molar-refractivity contribution in [2.45, 2.75) is 27.1 Å². The van der Waals surface area contributed by atoms with Gasteiger partial charge in [-0.2, -0.15) is 10.2 Å². The molecule has 0 radical (unpaired) electrons. The van der Waals surface area contributed by atoms with Crippen LogP contribution in [0, 0.1) is 6.92 Å². The molecular formula is C17H20F3N3O. The van der Waals surface area contributed by atoms with Crippen molar-refractivity contribution in [1.29, 1.82) is 0 Å². The lowest BCUT2D eigenvalue weighted by Crippen LogP contribution is -2.33.